The zero-order valence-electron chi connectivity index (χ0n) is 11.4. The van der Waals surface area contributed by atoms with Gasteiger partial charge >= 0.3 is 0 Å². The van der Waals surface area contributed by atoms with E-state index < -0.39 is 0 Å². The summed E-state index contributed by atoms with van der Waals surface area (Å²) in [5, 5.41) is 1.03. The van der Waals surface area contributed by atoms with Crippen LogP contribution in [0.5, 0.6) is 0 Å². The van der Waals surface area contributed by atoms with E-state index in [-0.39, 0.29) is 5.82 Å². The molecule has 2 aromatic carbocycles. The van der Waals surface area contributed by atoms with Gasteiger partial charge in [-0.2, -0.15) is 0 Å². The van der Waals surface area contributed by atoms with E-state index in [0.29, 0.717) is 5.52 Å². The number of rotatable bonds is 1. The predicted octanol–water partition coefficient (Wildman–Crippen LogP) is 4.23. The zero-order valence-corrected chi connectivity index (χ0v) is 11.4. The molecule has 0 aliphatic heterocycles. The van der Waals surface area contributed by atoms with Crippen LogP contribution in [0.25, 0.3) is 33.3 Å². The van der Waals surface area contributed by atoms with Crippen molar-refractivity contribution in [3.8, 4) is 11.4 Å². The number of H-pyrrole nitrogens is 1. The monoisotopic (exact) mass is 277 g/mol. The first-order valence-corrected chi connectivity index (χ1v) is 6.73. The molecule has 3 nitrogen and oxygen atoms in total. The van der Waals surface area contributed by atoms with Gasteiger partial charge in [0.15, 0.2) is 0 Å². The van der Waals surface area contributed by atoms with Crippen molar-refractivity contribution < 1.29 is 4.39 Å². The van der Waals surface area contributed by atoms with E-state index >= 15 is 0 Å². The van der Waals surface area contributed by atoms with Crippen molar-refractivity contribution in [2.75, 3.05) is 0 Å². The van der Waals surface area contributed by atoms with Crippen molar-refractivity contribution in [2.24, 2.45) is 0 Å². The van der Waals surface area contributed by atoms with Crippen LogP contribution in [-0.4, -0.2) is 15.0 Å². The number of nitrogens with one attached hydrogen (secondary N) is 1. The van der Waals surface area contributed by atoms with Gasteiger partial charge < -0.3 is 4.98 Å². The minimum Gasteiger partial charge on any atom is -0.338 e. The number of aromatic nitrogens is 3. The predicted molar refractivity (Wildman–Crippen MR) is 81.5 cm³/mol. The Bertz CT molecular complexity index is 972. The highest BCUT2D eigenvalue weighted by Crippen LogP contribution is 2.28. The summed E-state index contributed by atoms with van der Waals surface area (Å²) in [6.45, 7) is 1.96. The highest BCUT2D eigenvalue weighted by molar-refractivity contribution is 5.94. The average molecular weight is 277 g/mol. The van der Waals surface area contributed by atoms with Gasteiger partial charge in [-0.05, 0) is 37.3 Å². The van der Waals surface area contributed by atoms with E-state index in [9.17, 15) is 4.39 Å². The number of hydrogen-bond donors (Lipinski definition) is 1. The number of halogens is 1. The molecule has 0 fully saturated rings. The summed E-state index contributed by atoms with van der Waals surface area (Å²) in [5.41, 5.74) is 4.29. The van der Waals surface area contributed by atoms with Crippen LogP contribution >= 0.6 is 0 Å². The molecule has 0 spiro atoms. The van der Waals surface area contributed by atoms with Gasteiger partial charge in [0.2, 0.25) is 0 Å². The Balaban J connectivity index is 2.03. The molecule has 21 heavy (non-hydrogen) atoms. The van der Waals surface area contributed by atoms with Crippen molar-refractivity contribution in [3.63, 3.8) is 0 Å². The Labute approximate surface area is 120 Å². The maximum Gasteiger partial charge on any atom is 0.139 e. The third-order valence-corrected chi connectivity index (χ3v) is 3.54. The average Bonchev–Trinajstić information content (AvgIpc) is 2.89. The largest absolute Gasteiger partial charge is 0.338 e. The second-order valence-electron chi connectivity index (χ2n) is 5.08. The number of benzene rings is 2. The Morgan fingerprint density at radius 2 is 1.81 bits per heavy atom. The number of pyridine rings is 1. The lowest BCUT2D eigenvalue weighted by molar-refractivity contribution is 0.629. The number of aryl methyl sites for hydroxylation is 1. The van der Waals surface area contributed by atoms with Crippen LogP contribution in [0.2, 0.25) is 0 Å². The number of hydrogen-bond acceptors (Lipinski definition) is 2. The fraction of sp³-hybridized carbons (Fsp3) is 0.0588. The second kappa shape index (κ2) is 4.38. The molecule has 0 radical (unpaired) electrons. The van der Waals surface area contributed by atoms with Crippen LogP contribution in [0, 0.1) is 12.7 Å². The summed E-state index contributed by atoms with van der Waals surface area (Å²) in [6.07, 6.45) is 0. The van der Waals surface area contributed by atoms with Gasteiger partial charge in [-0.25, -0.2) is 9.37 Å². The molecule has 4 aromatic rings. The molecule has 2 heterocycles. The Morgan fingerprint density at radius 1 is 0.952 bits per heavy atom. The van der Waals surface area contributed by atoms with Crippen molar-refractivity contribution in [2.45, 2.75) is 6.92 Å². The first-order valence-electron chi connectivity index (χ1n) is 6.73. The summed E-state index contributed by atoms with van der Waals surface area (Å²) in [5.74, 6) is 0.464. The van der Waals surface area contributed by atoms with Crippen LogP contribution in [0.15, 0.2) is 48.5 Å². The number of para-hydroxylation sites is 1. The molecule has 0 saturated heterocycles. The molecule has 0 amide bonds. The van der Waals surface area contributed by atoms with E-state index in [1.807, 2.05) is 37.3 Å². The van der Waals surface area contributed by atoms with Crippen LogP contribution in [-0.2, 0) is 0 Å². The molecule has 4 heteroatoms. The molecule has 0 atom stereocenters. The molecular formula is C17H12FN3. The smallest absolute Gasteiger partial charge is 0.139 e. The SMILES string of the molecule is Cc1cc(-c2nc3ccc(F)cc3[nH]2)c2ccccc2n1. The lowest BCUT2D eigenvalue weighted by Gasteiger charge is -2.05. The first kappa shape index (κ1) is 12.0. The van der Waals surface area contributed by atoms with E-state index in [4.69, 9.17) is 0 Å². The van der Waals surface area contributed by atoms with E-state index in [2.05, 4.69) is 15.0 Å². The van der Waals surface area contributed by atoms with E-state index in [0.717, 1.165) is 33.5 Å². The van der Waals surface area contributed by atoms with Gasteiger partial charge in [-0.1, -0.05) is 18.2 Å². The fourth-order valence-electron chi connectivity index (χ4n) is 2.61. The van der Waals surface area contributed by atoms with Crippen molar-refractivity contribution in [3.05, 3.63) is 60.0 Å². The topological polar surface area (TPSA) is 41.6 Å². The van der Waals surface area contributed by atoms with Gasteiger partial charge in [-0.3, -0.25) is 4.98 Å². The zero-order chi connectivity index (χ0) is 14.4. The van der Waals surface area contributed by atoms with Crippen LogP contribution in [0.4, 0.5) is 4.39 Å². The number of nitrogens with zero attached hydrogens (tertiary/aromatic N) is 2. The summed E-state index contributed by atoms with van der Waals surface area (Å²) < 4.78 is 13.3. The maximum absolute atomic E-state index is 13.3. The van der Waals surface area contributed by atoms with Crippen molar-refractivity contribution >= 4 is 21.9 Å². The summed E-state index contributed by atoms with van der Waals surface area (Å²) in [4.78, 5) is 12.3. The lowest BCUT2D eigenvalue weighted by atomic mass is 10.1. The minimum atomic E-state index is -0.270. The number of fused-ring (bicyclic) bond motifs is 2. The van der Waals surface area contributed by atoms with E-state index in [1.165, 1.54) is 12.1 Å². The van der Waals surface area contributed by atoms with Gasteiger partial charge in [-0.15, -0.1) is 0 Å². The molecule has 0 unspecified atom stereocenters. The van der Waals surface area contributed by atoms with Crippen molar-refractivity contribution in [1.82, 2.24) is 15.0 Å². The second-order valence-corrected chi connectivity index (χ2v) is 5.08. The number of aromatic amines is 1. The lowest BCUT2D eigenvalue weighted by Crippen LogP contribution is -1.89. The molecule has 0 bridgehead atoms. The van der Waals surface area contributed by atoms with Gasteiger partial charge in [0.25, 0.3) is 0 Å². The highest BCUT2D eigenvalue weighted by atomic mass is 19.1. The summed E-state index contributed by atoms with van der Waals surface area (Å²) in [6, 6.07) is 14.5. The molecule has 0 saturated carbocycles. The fourth-order valence-corrected chi connectivity index (χ4v) is 2.61. The Morgan fingerprint density at radius 3 is 2.71 bits per heavy atom. The maximum atomic E-state index is 13.3. The Hall–Kier alpha value is -2.75. The minimum absolute atomic E-state index is 0.270. The third kappa shape index (κ3) is 1.96. The van der Waals surface area contributed by atoms with Crippen molar-refractivity contribution in [1.29, 1.82) is 0 Å². The van der Waals surface area contributed by atoms with Gasteiger partial charge in [0, 0.05) is 16.6 Å². The number of imidazole rings is 1. The molecule has 4 rings (SSSR count). The molecule has 0 aliphatic rings. The van der Waals surface area contributed by atoms with Gasteiger partial charge in [0.05, 0.1) is 16.6 Å². The standard InChI is InChI=1S/C17H12FN3/c1-10-8-13(12-4-2-3-5-14(12)19-10)17-20-15-7-6-11(18)9-16(15)21-17/h2-9H,1H3,(H,20,21). The summed E-state index contributed by atoms with van der Waals surface area (Å²) >= 11 is 0. The van der Waals surface area contributed by atoms with Crippen LogP contribution in [0.3, 0.4) is 0 Å². The highest BCUT2D eigenvalue weighted by Gasteiger charge is 2.10. The van der Waals surface area contributed by atoms with Gasteiger partial charge in [0.1, 0.15) is 11.6 Å². The van der Waals surface area contributed by atoms with Crippen LogP contribution in [0.1, 0.15) is 5.69 Å². The molecule has 1 N–H and O–H groups in total. The van der Waals surface area contributed by atoms with E-state index in [1.54, 1.807) is 6.07 Å². The Kier molecular flexibility index (Phi) is 2.51. The normalized spacial score (nSPS) is 11.3. The molecule has 0 aliphatic carbocycles. The third-order valence-electron chi connectivity index (χ3n) is 3.54. The quantitative estimate of drug-likeness (QED) is 0.566. The molecule has 2 aromatic heterocycles. The van der Waals surface area contributed by atoms with Crippen LogP contribution < -0.4 is 0 Å². The summed E-state index contributed by atoms with van der Waals surface area (Å²) in [7, 11) is 0. The first-order chi connectivity index (χ1) is 10.2. The molecular weight excluding hydrogens is 265 g/mol. The molecule has 102 valence electrons.